The Morgan fingerprint density at radius 3 is 2.44 bits per heavy atom. The Kier molecular flexibility index (Phi) is 8.72. The van der Waals surface area contributed by atoms with Gasteiger partial charge in [-0.05, 0) is 44.0 Å². The molecule has 0 radical (unpaired) electrons. The lowest BCUT2D eigenvalue weighted by Crippen LogP contribution is -2.38. The van der Waals surface area contributed by atoms with Crippen LogP contribution in [0.1, 0.15) is 42.5 Å². The molecule has 1 aliphatic rings. The van der Waals surface area contributed by atoms with Crippen LogP contribution in [0.2, 0.25) is 0 Å². The van der Waals surface area contributed by atoms with Crippen LogP contribution < -0.4 is 10.2 Å². The highest BCUT2D eigenvalue weighted by Crippen LogP contribution is 2.27. The van der Waals surface area contributed by atoms with E-state index < -0.39 is 10.0 Å². The van der Waals surface area contributed by atoms with Gasteiger partial charge >= 0.3 is 0 Å². The maximum Gasteiger partial charge on any atom is 0.253 e. The van der Waals surface area contributed by atoms with Gasteiger partial charge in [-0.15, -0.1) is 0 Å². The predicted octanol–water partition coefficient (Wildman–Crippen LogP) is 2.43. The Hall–Kier alpha value is -2.43. The van der Waals surface area contributed by atoms with Gasteiger partial charge in [0.15, 0.2) is 0 Å². The first-order valence-electron chi connectivity index (χ1n) is 11.9. The normalized spacial score (nSPS) is 15.5. The molecule has 2 heterocycles. The number of benzene rings is 1. The number of amides is 1. The highest BCUT2D eigenvalue weighted by Gasteiger charge is 2.26. The SMILES string of the molecule is CCN(CC)S(=O)(=O)c1ccc(N2CCOCC2)c(C(=O)NCC(C)Cn2nc(C)cc2C)c1. The lowest BCUT2D eigenvalue weighted by atomic mass is 10.1. The number of aryl methyl sites for hydroxylation is 2. The van der Waals surface area contributed by atoms with Crippen molar-refractivity contribution in [3.63, 3.8) is 0 Å². The van der Waals surface area contributed by atoms with Gasteiger partial charge in [0.05, 0.1) is 29.4 Å². The van der Waals surface area contributed by atoms with E-state index in [1.54, 1.807) is 26.0 Å². The van der Waals surface area contributed by atoms with E-state index in [1.165, 1.54) is 10.4 Å². The first kappa shape index (κ1) is 26.2. The molecule has 1 aliphatic heterocycles. The van der Waals surface area contributed by atoms with Crippen LogP contribution in [0.15, 0.2) is 29.2 Å². The van der Waals surface area contributed by atoms with Gasteiger partial charge < -0.3 is 15.0 Å². The first-order chi connectivity index (χ1) is 16.2. The molecule has 1 saturated heterocycles. The lowest BCUT2D eigenvalue weighted by Gasteiger charge is -2.31. The zero-order chi connectivity index (χ0) is 24.9. The van der Waals surface area contributed by atoms with Crippen LogP contribution in [0.25, 0.3) is 0 Å². The van der Waals surface area contributed by atoms with E-state index in [1.807, 2.05) is 24.6 Å². The summed E-state index contributed by atoms with van der Waals surface area (Å²) in [5, 5.41) is 7.51. The summed E-state index contributed by atoms with van der Waals surface area (Å²) >= 11 is 0. The Labute approximate surface area is 203 Å². The van der Waals surface area contributed by atoms with Crippen LogP contribution in [0.3, 0.4) is 0 Å². The summed E-state index contributed by atoms with van der Waals surface area (Å²) in [4.78, 5) is 15.5. The van der Waals surface area contributed by atoms with E-state index >= 15 is 0 Å². The molecule has 1 amide bonds. The number of nitrogens with one attached hydrogen (secondary N) is 1. The van der Waals surface area contributed by atoms with E-state index in [0.29, 0.717) is 58.0 Å². The van der Waals surface area contributed by atoms with E-state index in [2.05, 4.69) is 22.2 Å². The summed E-state index contributed by atoms with van der Waals surface area (Å²) in [5.74, 6) is -0.130. The fourth-order valence-electron chi connectivity index (χ4n) is 4.23. The van der Waals surface area contributed by atoms with Gasteiger partial charge in [-0.25, -0.2) is 8.42 Å². The van der Waals surface area contributed by atoms with E-state index in [-0.39, 0.29) is 16.7 Å². The fourth-order valence-corrected chi connectivity index (χ4v) is 5.72. The van der Waals surface area contributed by atoms with Crippen LogP contribution >= 0.6 is 0 Å². The summed E-state index contributed by atoms with van der Waals surface area (Å²) < 4.78 is 35.0. The number of hydrogen-bond acceptors (Lipinski definition) is 6. The minimum atomic E-state index is -3.68. The third kappa shape index (κ3) is 5.97. The number of ether oxygens (including phenoxy) is 1. The standard InChI is InChI=1S/C24H37N5O4S/c1-6-28(7-2)34(31,32)21-8-9-23(27-10-12-33-13-11-27)22(15-21)24(30)25-16-18(3)17-29-20(5)14-19(4)26-29/h8-9,14-15,18H,6-7,10-13,16-17H2,1-5H3,(H,25,30). The molecule has 9 nitrogen and oxygen atoms in total. The number of hydrogen-bond donors (Lipinski definition) is 1. The summed E-state index contributed by atoms with van der Waals surface area (Å²) in [7, 11) is -3.68. The van der Waals surface area contributed by atoms with Crippen molar-refractivity contribution >= 4 is 21.6 Å². The molecular weight excluding hydrogens is 454 g/mol. The molecule has 0 saturated carbocycles. The Balaban J connectivity index is 1.83. The number of carbonyl (C=O) groups is 1. The predicted molar refractivity (Wildman–Crippen MR) is 133 cm³/mol. The summed E-state index contributed by atoms with van der Waals surface area (Å²) in [6, 6.07) is 6.89. The van der Waals surface area contributed by atoms with Gasteiger partial charge in [0, 0.05) is 50.6 Å². The largest absolute Gasteiger partial charge is 0.378 e. The zero-order valence-electron chi connectivity index (χ0n) is 20.9. The molecule has 1 aromatic heterocycles. The van der Waals surface area contributed by atoms with Crippen molar-refractivity contribution in [3.8, 4) is 0 Å². The van der Waals surface area contributed by atoms with Gasteiger partial charge in [-0.3, -0.25) is 9.48 Å². The number of sulfonamides is 1. The molecule has 1 unspecified atom stereocenters. The van der Waals surface area contributed by atoms with Gasteiger partial charge in [-0.2, -0.15) is 9.40 Å². The number of nitrogens with zero attached hydrogens (tertiary/aromatic N) is 4. The molecule has 0 spiro atoms. The molecule has 10 heteroatoms. The second-order valence-electron chi connectivity index (χ2n) is 8.79. The monoisotopic (exact) mass is 491 g/mol. The highest BCUT2D eigenvalue weighted by molar-refractivity contribution is 7.89. The Morgan fingerprint density at radius 2 is 1.85 bits per heavy atom. The fraction of sp³-hybridized carbons (Fsp3) is 0.583. The number of morpholine rings is 1. The van der Waals surface area contributed by atoms with Crippen molar-refractivity contribution in [1.29, 1.82) is 0 Å². The number of carbonyl (C=O) groups excluding carboxylic acids is 1. The molecule has 2 aromatic rings. The zero-order valence-corrected chi connectivity index (χ0v) is 21.7. The Morgan fingerprint density at radius 1 is 1.18 bits per heavy atom. The average Bonchev–Trinajstić information content (AvgIpc) is 3.14. The quantitative estimate of drug-likeness (QED) is 0.548. The second-order valence-corrected chi connectivity index (χ2v) is 10.7. The van der Waals surface area contributed by atoms with Gasteiger partial charge in [0.1, 0.15) is 0 Å². The van der Waals surface area contributed by atoms with Crippen LogP contribution in [-0.4, -0.2) is 74.3 Å². The number of aromatic nitrogens is 2. The highest BCUT2D eigenvalue weighted by atomic mass is 32.2. The molecule has 188 valence electrons. The molecule has 1 atom stereocenters. The average molecular weight is 492 g/mol. The van der Waals surface area contributed by atoms with Crippen molar-refractivity contribution in [3.05, 3.63) is 41.2 Å². The molecule has 0 aliphatic carbocycles. The molecule has 0 bridgehead atoms. The van der Waals surface area contributed by atoms with Crippen LogP contribution in [0.4, 0.5) is 5.69 Å². The second kappa shape index (κ2) is 11.3. The van der Waals surface area contributed by atoms with Gasteiger partial charge in [0.25, 0.3) is 5.91 Å². The molecule has 1 aromatic carbocycles. The van der Waals surface area contributed by atoms with E-state index in [4.69, 9.17) is 4.74 Å². The van der Waals surface area contributed by atoms with Crippen molar-refractivity contribution < 1.29 is 17.9 Å². The van der Waals surface area contributed by atoms with Crippen molar-refractivity contribution in [2.75, 3.05) is 50.8 Å². The summed E-state index contributed by atoms with van der Waals surface area (Å²) in [6.07, 6.45) is 0. The molecule has 3 rings (SSSR count). The molecule has 34 heavy (non-hydrogen) atoms. The Bertz CT molecular complexity index is 1090. The van der Waals surface area contributed by atoms with Crippen LogP contribution in [-0.2, 0) is 21.3 Å². The maximum atomic E-state index is 13.3. The minimum Gasteiger partial charge on any atom is -0.378 e. The topological polar surface area (TPSA) is 96.8 Å². The minimum absolute atomic E-state index is 0.133. The third-order valence-corrected chi connectivity index (χ3v) is 8.15. The summed E-state index contributed by atoms with van der Waals surface area (Å²) in [5.41, 5.74) is 3.15. The van der Waals surface area contributed by atoms with E-state index in [0.717, 1.165) is 17.1 Å². The van der Waals surface area contributed by atoms with E-state index in [9.17, 15) is 13.2 Å². The van der Waals surface area contributed by atoms with Crippen LogP contribution in [0.5, 0.6) is 0 Å². The van der Waals surface area contributed by atoms with Crippen molar-refractivity contribution in [2.45, 2.75) is 46.1 Å². The van der Waals surface area contributed by atoms with Crippen molar-refractivity contribution in [1.82, 2.24) is 19.4 Å². The molecular formula is C24H37N5O4S. The first-order valence-corrected chi connectivity index (χ1v) is 13.4. The smallest absolute Gasteiger partial charge is 0.253 e. The molecule has 1 fully saturated rings. The third-order valence-electron chi connectivity index (χ3n) is 6.11. The summed E-state index contributed by atoms with van der Waals surface area (Å²) in [6.45, 7) is 14.0. The number of rotatable bonds is 10. The maximum absolute atomic E-state index is 13.3. The molecule has 1 N–H and O–H groups in total. The number of anilines is 1. The van der Waals surface area contributed by atoms with Gasteiger partial charge in [-0.1, -0.05) is 20.8 Å². The van der Waals surface area contributed by atoms with Gasteiger partial charge in [0.2, 0.25) is 10.0 Å². The van der Waals surface area contributed by atoms with Crippen LogP contribution in [0, 0.1) is 19.8 Å². The lowest BCUT2D eigenvalue weighted by molar-refractivity contribution is 0.0945. The van der Waals surface area contributed by atoms with Crippen molar-refractivity contribution in [2.24, 2.45) is 5.92 Å².